The van der Waals surface area contributed by atoms with Crippen molar-refractivity contribution in [1.29, 1.82) is 0 Å². The summed E-state index contributed by atoms with van der Waals surface area (Å²) in [5.74, 6) is 1.77. The zero-order chi connectivity index (χ0) is 20.1. The number of morpholine rings is 2. The highest BCUT2D eigenvalue weighted by Gasteiger charge is 2.30. The number of furan rings is 1. The van der Waals surface area contributed by atoms with Gasteiger partial charge in [-0.15, -0.1) is 0 Å². The van der Waals surface area contributed by atoms with E-state index in [2.05, 4.69) is 14.7 Å². The van der Waals surface area contributed by atoms with Crippen molar-refractivity contribution < 1.29 is 18.7 Å². The summed E-state index contributed by atoms with van der Waals surface area (Å²) in [5, 5.41) is 0. The second kappa shape index (κ2) is 10.1. The lowest BCUT2D eigenvalue weighted by Gasteiger charge is -2.37. The van der Waals surface area contributed by atoms with Gasteiger partial charge in [-0.3, -0.25) is 14.6 Å². The third-order valence-electron chi connectivity index (χ3n) is 6.45. The summed E-state index contributed by atoms with van der Waals surface area (Å²) >= 11 is 0. The fourth-order valence-electron chi connectivity index (χ4n) is 4.69. The first-order valence-corrected chi connectivity index (χ1v) is 11.2. The van der Waals surface area contributed by atoms with Crippen LogP contribution in [0.4, 0.5) is 0 Å². The minimum absolute atomic E-state index is 0.145. The van der Waals surface area contributed by atoms with E-state index >= 15 is 0 Å². The predicted octanol–water partition coefficient (Wildman–Crippen LogP) is 2.14. The van der Waals surface area contributed by atoms with Crippen molar-refractivity contribution >= 4 is 5.91 Å². The zero-order valence-corrected chi connectivity index (χ0v) is 17.7. The highest BCUT2D eigenvalue weighted by atomic mass is 16.5. The summed E-state index contributed by atoms with van der Waals surface area (Å²) in [6, 6.07) is 2.30. The van der Waals surface area contributed by atoms with E-state index in [0.29, 0.717) is 6.04 Å². The maximum Gasteiger partial charge on any atom is 0.257 e. The molecular weight excluding hydrogens is 370 g/mol. The summed E-state index contributed by atoms with van der Waals surface area (Å²) in [6.45, 7) is 11.6. The number of ether oxygens (including phenoxy) is 2. The molecule has 3 aliphatic rings. The minimum Gasteiger partial charge on any atom is -0.464 e. The molecule has 1 atom stereocenters. The number of hydrogen-bond donors (Lipinski definition) is 0. The topological polar surface area (TPSA) is 58.4 Å². The second-order valence-corrected chi connectivity index (χ2v) is 8.46. The standard InChI is InChI=1S/C22H35N3O4/c1-18-21(16-20(29-18)17-24-10-14-28-15-11-24)22(26)25-6-3-2-4-19(25)5-7-23-8-12-27-13-9-23/h16,19H,2-15,17H2,1H3. The quantitative estimate of drug-likeness (QED) is 0.723. The largest absolute Gasteiger partial charge is 0.464 e. The van der Waals surface area contributed by atoms with Crippen molar-refractivity contribution in [3.8, 4) is 0 Å². The van der Waals surface area contributed by atoms with Crippen LogP contribution in [0.3, 0.4) is 0 Å². The van der Waals surface area contributed by atoms with Gasteiger partial charge >= 0.3 is 0 Å². The van der Waals surface area contributed by atoms with Crippen LogP contribution in [0.2, 0.25) is 0 Å². The monoisotopic (exact) mass is 405 g/mol. The Hall–Kier alpha value is -1.41. The fraction of sp³-hybridized carbons (Fsp3) is 0.773. The first-order valence-electron chi connectivity index (χ1n) is 11.2. The molecule has 3 saturated heterocycles. The third-order valence-corrected chi connectivity index (χ3v) is 6.45. The molecule has 4 heterocycles. The molecule has 0 radical (unpaired) electrons. The molecule has 3 fully saturated rings. The van der Waals surface area contributed by atoms with Crippen molar-refractivity contribution in [3.63, 3.8) is 0 Å². The Labute approximate surface area is 173 Å². The van der Waals surface area contributed by atoms with Gasteiger partial charge in [0.15, 0.2) is 0 Å². The molecule has 162 valence electrons. The molecule has 0 spiro atoms. The molecule has 0 aliphatic carbocycles. The summed E-state index contributed by atoms with van der Waals surface area (Å²) < 4.78 is 16.8. The van der Waals surface area contributed by atoms with Crippen LogP contribution in [0, 0.1) is 6.92 Å². The van der Waals surface area contributed by atoms with Gasteiger partial charge < -0.3 is 18.8 Å². The fourth-order valence-corrected chi connectivity index (χ4v) is 4.69. The third kappa shape index (κ3) is 5.40. The molecule has 29 heavy (non-hydrogen) atoms. The number of piperidine rings is 1. The maximum absolute atomic E-state index is 13.4. The van der Waals surface area contributed by atoms with Gasteiger partial charge in [-0.2, -0.15) is 0 Å². The van der Waals surface area contributed by atoms with Crippen LogP contribution in [-0.4, -0.2) is 92.3 Å². The normalized spacial score (nSPS) is 24.7. The summed E-state index contributed by atoms with van der Waals surface area (Å²) in [5.41, 5.74) is 0.742. The lowest BCUT2D eigenvalue weighted by Crippen LogP contribution is -2.46. The van der Waals surface area contributed by atoms with Gasteiger partial charge in [-0.1, -0.05) is 0 Å². The number of likely N-dealkylation sites (tertiary alicyclic amines) is 1. The first kappa shape index (κ1) is 20.8. The smallest absolute Gasteiger partial charge is 0.257 e. The first-order chi connectivity index (χ1) is 14.2. The Balaban J connectivity index is 1.38. The predicted molar refractivity (Wildman–Crippen MR) is 110 cm³/mol. The van der Waals surface area contributed by atoms with Crippen molar-refractivity contribution in [2.45, 2.75) is 45.2 Å². The van der Waals surface area contributed by atoms with Crippen LogP contribution in [0.1, 0.15) is 47.6 Å². The Kier molecular flexibility index (Phi) is 7.24. The van der Waals surface area contributed by atoms with E-state index in [1.54, 1.807) is 0 Å². The van der Waals surface area contributed by atoms with Gasteiger partial charge in [0.05, 0.1) is 38.5 Å². The van der Waals surface area contributed by atoms with Crippen molar-refractivity contribution in [1.82, 2.24) is 14.7 Å². The van der Waals surface area contributed by atoms with E-state index in [4.69, 9.17) is 13.9 Å². The lowest BCUT2D eigenvalue weighted by atomic mass is 9.98. The summed E-state index contributed by atoms with van der Waals surface area (Å²) in [6.07, 6.45) is 4.46. The summed E-state index contributed by atoms with van der Waals surface area (Å²) in [4.78, 5) is 20.3. The van der Waals surface area contributed by atoms with Crippen LogP contribution in [0.5, 0.6) is 0 Å². The van der Waals surface area contributed by atoms with E-state index in [1.807, 2.05) is 13.0 Å². The van der Waals surface area contributed by atoms with E-state index in [9.17, 15) is 4.79 Å². The second-order valence-electron chi connectivity index (χ2n) is 8.46. The molecule has 3 aliphatic heterocycles. The maximum atomic E-state index is 13.4. The highest BCUT2D eigenvalue weighted by Crippen LogP contribution is 2.25. The van der Waals surface area contributed by atoms with Crippen molar-refractivity contribution in [2.75, 3.05) is 65.7 Å². The Morgan fingerprint density at radius 1 is 1.00 bits per heavy atom. The van der Waals surface area contributed by atoms with Gasteiger partial charge in [-0.05, 0) is 38.7 Å². The number of hydrogen-bond acceptors (Lipinski definition) is 6. The summed E-state index contributed by atoms with van der Waals surface area (Å²) in [7, 11) is 0. The molecule has 7 nitrogen and oxygen atoms in total. The molecule has 1 unspecified atom stereocenters. The number of carbonyl (C=O) groups is 1. The number of nitrogens with zero attached hydrogens (tertiary/aromatic N) is 3. The molecule has 1 amide bonds. The van der Waals surface area contributed by atoms with E-state index < -0.39 is 0 Å². The van der Waals surface area contributed by atoms with Crippen LogP contribution in [-0.2, 0) is 16.0 Å². The molecule has 7 heteroatoms. The van der Waals surface area contributed by atoms with E-state index in [0.717, 1.165) is 109 Å². The highest BCUT2D eigenvalue weighted by molar-refractivity contribution is 5.95. The Morgan fingerprint density at radius 3 is 2.41 bits per heavy atom. The molecule has 4 rings (SSSR count). The number of rotatable bonds is 6. The van der Waals surface area contributed by atoms with E-state index in [1.165, 1.54) is 6.42 Å². The van der Waals surface area contributed by atoms with Gasteiger partial charge in [0.1, 0.15) is 11.5 Å². The van der Waals surface area contributed by atoms with Gasteiger partial charge in [0.25, 0.3) is 5.91 Å². The Morgan fingerprint density at radius 2 is 1.69 bits per heavy atom. The van der Waals surface area contributed by atoms with Gasteiger partial charge in [0.2, 0.25) is 0 Å². The molecule has 0 bridgehead atoms. The molecule has 0 aromatic carbocycles. The number of carbonyl (C=O) groups excluding carboxylic acids is 1. The SMILES string of the molecule is Cc1oc(CN2CCOCC2)cc1C(=O)N1CCCCC1CCN1CCOCC1. The van der Waals surface area contributed by atoms with Crippen molar-refractivity contribution in [2.24, 2.45) is 0 Å². The van der Waals surface area contributed by atoms with Crippen LogP contribution in [0.25, 0.3) is 0 Å². The lowest BCUT2D eigenvalue weighted by molar-refractivity contribution is 0.0295. The molecule has 1 aromatic heterocycles. The van der Waals surface area contributed by atoms with Crippen LogP contribution >= 0.6 is 0 Å². The average molecular weight is 406 g/mol. The molecule has 1 aromatic rings. The van der Waals surface area contributed by atoms with Gasteiger partial charge in [0, 0.05) is 45.3 Å². The van der Waals surface area contributed by atoms with E-state index in [-0.39, 0.29) is 5.91 Å². The average Bonchev–Trinajstić information content (AvgIpc) is 3.13. The molecular formula is C22H35N3O4. The Bertz CT molecular complexity index is 665. The van der Waals surface area contributed by atoms with Gasteiger partial charge in [-0.25, -0.2) is 0 Å². The molecule has 0 N–H and O–H groups in total. The van der Waals surface area contributed by atoms with Crippen LogP contribution < -0.4 is 0 Å². The van der Waals surface area contributed by atoms with Crippen LogP contribution in [0.15, 0.2) is 10.5 Å². The number of aryl methyl sites for hydroxylation is 1. The number of amides is 1. The zero-order valence-electron chi connectivity index (χ0n) is 17.7. The minimum atomic E-state index is 0.145. The molecule has 0 saturated carbocycles. The van der Waals surface area contributed by atoms with Crippen molar-refractivity contribution in [3.05, 3.63) is 23.2 Å².